The fraction of sp³-hybridized carbons (Fsp3) is 0.300. The van der Waals surface area contributed by atoms with Crippen molar-refractivity contribution in [1.29, 1.82) is 0 Å². The molecule has 2 aromatic carbocycles. The monoisotopic (exact) mass is 368 g/mol. The maximum absolute atomic E-state index is 10.6. The molecule has 0 spiro atoms. The van der Waals surface area contributed by atoms with Crippen LogP contribution in [0, 0.1) is 10.1 Å². The van der Waals surface area contributed by atoms with Gasteiger partial charge in [0.1, 0.15) is 0 Å². The van der Waals surface area contributed by atoms with E-state index in [1.54, 1.807) is 12.1 Å². The third kappa shape index (κ3) is 7.37. The Kier molecular flexibility index (Phi) is 7.63. The van der Waals surface area contributed by atoms with Gasteiger partial charge in [-0.3, -0.25) is 10.1 Å². The van der Waals surface area contributed by atoms with Crippen LogP contribution in [0.4, 0.5) is 22.7 Å². The standard InChI is InChI=1S/C20H24N4O3/c1-15(2)14-27-13-12-16(3)21-17-4-6-18(7-5-17)22-23-19-8-10-20(11-9-19)24(25)26/h4-11,16,21H,1,12-14H2,2-3H3/b23-22+. The summed E-state index contributed by atoms with van der Waals surface area (Å²) in [5.74, 6) is 0. The molecule has 7 heteroatoms. The van der Waals surface area contributed by atoms with E-state index >= 15 is 0 Å². The Bertz CT molecular complexity index is 786. The molecule has 1 unspecified atom stereocenters. The topological polar surface area (TPSA) is 89.1 Å². The SMILES string of the molecule is C=C(C)COCCC(C)Nc1ccc(/N=N/c2ccc([N+](=O)[O-])cc2)cc1. The number of hydrogen-bond acceptors (Lipinski definition) is 6. The highest BCUT2D eigenvalue weighted by molar-refractivity contribution is 5.51. The normalized spacial score (nSPS) is 12.1. The Labute approximate surface area is 158 Å². The molecule has 0 heterocycles. The largest absolute Gasteiger partial charge is 0.383 e. The third-order valence-corrected chi connectivity index (χ3v) is 3.67. The lowest BCUT2D eigenvalue weighted by atomic mass is 10.2. The Balaban J connectivity index is 1.83. The zero-order valence-electron chi connectivity index (χ0n) is 15.6. The number of benzene rings is 2. The number of nitro groups is 1. The number of nitrogens with zero attached hydrogens (tertiary/aromatic N) is 3. The summed E-state index contributed by atoms with van der Waals surface area (Å²) < 4.78 is 5.51. The minimum absolute atomic E-state index is 0.0310. The van der Waals surface area contributed by atoms with Crippen LogP contribution in [0.5, 0.6) is 0 Å². The minimum Gasteiger partial charge on any atom is -0.383 e. The average molecular weight is 368 g/mol. The number of non-ortho nitro benzene ring substituents is 1. The fourth-order valence-corrected chi connectivity index (χ4v) is 2.24. The molecule has 1 N–H and O–H groups in total. The lowest BCUT2D eigenvalue weighted by molar-refractivity contribution is -0.384. The van der Waals surface area contributed by atoms with E-state index in [2.05, 4.69) is 29.0 Å². The summed E-state index contributed by atoms with van der Waals surface area (Å²) in [4.78, 5) is 10.2. The number of hydrogen-bond donors (Lipinski definition) is 1. The van der Waals surface area contributed by atoms with Gasteiger partial charge in [0.15, 0.2) is 0 Å². The molecule has 2 rings (SSSR count). The van der Waals surface area contributed by atoms with Gasteiger partial charge in [0, 0.05) is 30.5 Å². The van der Waals surface area contributed by atoms with Crippen LogP contribution < -0.4 is 5.32 Å². The summed E-state index contributed by atoms with van der Waals surface area (Å²) in [6, 6.07) is 13.8. The van der Waals surface area contributed by atoms with E-state index in [0.717, 1.165) is 17.7 Å². The summed E-state index contributed by atoms with van der Waals surface area (Å²) in [5, 5.41) is 22.3. The molecule has 0 aliphatic rings. The first-order chi connectivity index (χ1) is 12.9. The summed E-state index contributed by atoms with van der Waals surface area (Å²) in [6.07, 6.45) is 0.898. The molecule has 27 heavy (non-hydrogen) atoms. The molecule has 7 nitrogen and oxygen atoms in total. The van der Waals surface area contributed by atoms with Crippen molar-refractivity contribution >= 4 is 22.7 Å². The lowest BCUT2D eigenvalue weighted by Gasteiger charge is -2.15. The van der Waals surface area contributed by atoms with Crippen molar-refractivity contribution in [1.82, 2.24) is 0 Å². The summed E-state index contributed by atoms with van der Waals surface area (Å²) in [6.45, 7) is 9.14. The number of anilines is 1. The van der Waals surface area contributed by atoms with E-state index in [9.17, 15) is 10.1 Å². The van der Waals surface area contributed by atoms with Crippen molar-refractivity contribution in [2.24, 2.45) is 10.2 Å². The molecular formula is C20H24N4O3. The first-order valence-electron chi connectivity index (χ1n) is 8.69. The second kappa shape index (κ2) is 10.2. The number of nitro benzene ring substituents is 1. The first-order valence-corrected chi connectivity index (χ1v) is 8.69. The second-order valence-corrected chi connectivity index (χ2v) is 6.36. The quantitative estimate of drug-likeness (QED) is 0.189. The zero-order chi connectivity index (χ0) is 19.6. The molecule has 0 amide bonds. The van der Waals surface area contributed by atoms with Crippen LogP contribution in [0.2, 0.25) is 0 Å². The predicted octanol–water partition coefficient (Wildman–Crippen LogP) is 5.79. The second-order valence-electron chi connectivity index (χ2n) is 6.36. The van der Waals surface area contributed by atoms with Gasteiger partial charge in [-0.15, -0.1) is 0 Å². The van der Waals surface area contributed by atoms with Crippen LogP contribution in [0.15, 0.2) is 70.9 Å². The summed E-state index contributed by atoms with van der Waals surface area (Å²) >= 11 is 0. The van der Waals surface area contributed by atoms with E-state index in [4.69, 9.17) is 4.74 Å². The maximum atomic E-state index is 10.6. The number of azo groups is 1. The van der Waals surface area contributed by atoms with Gasteiger partial charge in [-0.05, 0) is 56.7 Å². The van der Waals surface area contributed by atoms with Gasteiger partial charge in [0.05, 0.1) is 22.9 Å². The molecule has 0 aliphatic carbocycles. The van der Waals surface area contributed by atoms with Gasteiger partial charge < -0.3 is 10.1 Å². The summed E-state index contributed by atoms with van der Waals surface area (Å²) in [5.41, 5.74) is 3.32. The minimum atomic E-state index is -0.444. The van der Waals surface area contributed by atoms with E-state index in [-0.39, 0.29) is 11.7 Å². The molecule has 0 fully saturated rings. The molecule has 142 valence electrons. The fourth-order valence-electron chi connectivity index (χ4n) is 2.24. The first kappa shape index (κ1) is 20.3. The maximum Gasteiger partial charge on any atom is 0.269 e. The Morgan fingerprint density at radius 2 is 1.70 bits per heavy atom. The molecule has 2 aromatic rings. The van der Waals surface area contributed by atoms with Crippen LogP contribution in [-0.2, 0) is 4.74 Å². The van der Waals surface area contributed by atoms with Crippen molar-refractivity contribution in [3.8, 4) is 0 Å². The van der Waals surface area contributed by atoms with E-state index in [1.807, 2.05) is 31.2 Å². The molecule has 0 saturated carbocycles. The van der Waals surface area contributed by atoms with Crippen molar-refractivity contribution in [2.45, 2.75) is 26.3 Å². The molecular weight excluding hydrogens is 344 g/mol. The van der Waals surface area contributed by atoms with Crippen molar-refractivity contribution < 1.29 is 9.66 Å². The Morgan fingerprint density at radius 1 is 1.15 bits per heavy atom. The smallest absolute Gasteiger partial charge is 0.269 e. The van der Waals surface area contributed by atoms with E-state index < -0.39 is 4.92 Å². The van der Waals surface area contributed by atoms with E-state index in [0.29, 0.717) is 24.6 Å². The molecule has 0 bridgehead atoms. The van der Waals surface area contributed by atoms with Gasteiger partial charge in [-0.25, -0.2) is 0 Å². The number of nitrogens with one attached hydrogen (secondary N) is 1. The van der Waals surface area contributed by atoms with Gasteiger partial charge in [-0.1, -0.05) is 12.2 Å². The van der Waals surface area contributed by atoms with Crippen molar-refractivity contribution in [3.63, 3.8) is 0 Å². The Hall–Kier alpha value is -3.06. The van der Waals surface area contributed by atoms with Crippen LogP contribution in [-0.4, -0.2) is 24.2 Å². The highest BCUT2D eigenvalue weighted by Crippen LogP contribution is 2.22. The van der Waals surface area contributed by atoms with Crippen LogP contribution in [0.25, 0.3) is 0 Å². The average Bonchev–Trinajstić information content (AvgIpc) is 2.65. The van der Waals surface area contributed by atoms with Gasteiger partial charge in [0.25, 0.3) is 5.69 Å². The Morgan fingerprint density at radius 3 is 2.22 bits per heavy atom. The highest BCUT2D eigenvalue weighted by atomic mass is 16.6. The van der Waals surface area contributed by atoms with Crippen LogP contribution in [0.1, 0.15) is 20.3 Å². The molecule has 0 aromatic heterocycles. The van der Waals surface area contributed by atoms with Gasteiger partial charge in [0.2, 0.25) is 0 Å². The number of rotatable bonds is 10. The molecule has 1 atom stereocenters. The molecule has 0 radical (unpaired) electrons. The van der Waals surface area contributed by atoms with Gasteiger partial charge >= 0.3 is 0 Å². The van der Waals surface area contributed by atoms with Crippen LogP contribution >= 0.6 is 0 Å². The highest BCUT2D eigenvalue weighted by Gasteiger charge is 2.04. The third-order valence-electron chi connectivity index (χ3n) is 3.67. The van der Waals surface area contributed by atoms with Crippen molar-refractivity contribution in [3.05, 3.63) is 70.8 Å². The van der Waals surface area contributed by atoms with Crippen LogP contribution in [0.3, 0.4) is 0 Å². The van der Waals surface area contributed by atoms with Crippen molar-refractivity contribution in [2.75, 3.05) is 18.5 Å². The predicted molar refractivity (Wildman–Crippen MR) is 107 cm³/mol. The van der Waals surface area contributed by atoms with Gasteiger partial charge in [-0.2, -0.15) is 10.2 Å². The number of ether oxygens (including phenoxy) is 1. The molecule has 0 saturated heterocycles. The zero-order valence-corrected chi connectivity index (χ0v) is 15.6. The lowest BCUT2D eigenvalue weighted by Crippen LogP contribution is -2.17. The molecule has 0 aliphatic heterocycles. The summed E-state index contributed by atoms with van der Waals surface area (Å²) in [7, 11) is 0. The van der Waals surface area contributed by atoms with E-state index in [1.165, 1.54) is 12.1 Å².